The average molecular weight is 222 g/mol. The van der Waals surface area contributed by atoms with E-state index >= 15 is 0 Å². The molecule has 16 heavy (non-hydrogen) atoms. The Kier molecular flexibility index (Phi) is 3.88. The molecule has 0 spiro atoms. The van der Waals surface area contributed by atoms with E-state index in [0.29, 0.717) is 11.4 Å². The number of nitrogens with one attached hydrogen (secondary N) is 1. The third-order valence-electron chi connectivity index (χ3n) is 1.72. The van der Waals surface area contributed by atoms with Gasteiger partial charge in [-0.2, -0.15) is 0 Å². The van der Waals surface area contributed by atoms with Gasteiger partial charge in [-0.15, -0.1) is 0 Å². The van der Waals surface area contributed by atoms with E-state index in [2.05, 4.69) is 5.32 Å². The maximum atomic E-state index is 11.3. The zero-order valence-corrected chi connectivity index (χ0v) is 9.48. The lowest BCUT2D eigenvalue weighted by Crippen LogP contribution is -2.25. The molecule has 0 fully saturated rings. The van der Waals surface area contributed by atoms with E-state index in [9.17, 15) is 9.59 Å². The number of carbonyl (C=O) groups excluding carboxylic acids is 2. The standard InChI is InChI=1S/C11H14N2O3/c1-8(14)12-9-5-4-6-10(7-9)16-11(15)13(2)3/h4-7H,1-3H3,(H,12,14). The van der Waals surface area contributed by atoms with Gasteiger partial charge in [-0.25, -0.2) is 4.79 Å². The zero-order chi connectivity index (χ0) is 12.1. The van der Waals surface area contributed by atoms with Crippen molar-refractivity contribution in [2.75, 3.05) is 19.4 Å². The molecule has 0 bridgehead atoms. The molecule has 1 N–H and O–H groups in total. The number of rotatable bonds is 2. The van der Waals surface area contributed by atoms with Crippen molar-refractivity contribution < 1.29 is 14.3 Å². The minimum Gasteiger partial charge on any atom is -0.410 e. The fourth-order valence-corrected chi connectivity index (χ4v) is 1.03. The molecule has 0 aliphatic rings. The van der Waals surface area contributed by atoms with Gasteiger partial charge >= 0.3 is 6.09 Å². The van der Waals surface area contributed by atoms with Crippen LogP contribution < -0.4 is 10.1 Å². The number of benzene rings is 1. The molecule has 0 unspecified atom stereocenters. The summed E-state index contributed by atoms with van der Waals surface area (Å²) < 4.78 is 5.03. The summed E-state index contributed by atoms with van der Waals surface area (Å²) in [4.78, 5) is 23.4. The van der Waals surface area contributed by atoms with Crippen molar-refractivity contribution in [2.45, 2.75) is 6.92 Å². The van der Waals surface area contributed by atoms with Crippen molar-refractivity contribution >= 4 is 17.7 Å². The monoisotopic (exact) mass is 222 g/mol. The fraction of sp³-hybridized carbons (Fsp3) is 0.273. The van der Waals surface area contributed by atoms with Crippen molar-refractivity contribution in [3.63, 3.8) is 0 Å². The highest BCUT2D eigenvalue weighted by Crippen LogP contribution is 2.17. The lowest BCUT2D eigenvalue weighted by molar-refractivity contribution is -0.114. The second-order valence-corrected chi connectivity index (χ2v) is 3.47. The highest BCUT2D eigenvalue weighted by Gasteiger charge is 2.06. The first kappa shape index (κ1) is 12.0. The number of anilines is 1. The van der Waals surface area contributed by atoms with Crippen LogP contribution in [0.2, 0.25) is 0 Å². The topological polar surface area (TPSA) is 58.6 Å². The number of carbonyl (C=O) groups is 2. The molecule has 0 heterocycles. The van der Waals surface area contributed by atoms with Crippen LogP contribution in [0.3, 0.4) is 0 Å². The summed E-state index contributed by atoms with van der Waals surface area (Å²) >= 11 is 0. The predicted octanol–water partition coefficient (Wildman–Crippen LogP) is 1.71. The van der Waals surface area contributed by atoms with E-state index in [1.165, 1.54) is 11.8 Å². The first-order chi connectivity index (χ1) is 7.49. The van der Waals surface area contributed by atoms with E-state index in [1.54, 1.807) is 38.4 Å². The molecule has 1 aromatic rings. The van der Waals surface area contributed by atoms with Gasteiger partial charge in [0.25, 0.3) is 0 Å². The van der Waals surface area contributed by atoms with E-state index in [1.807, 2.05) is 0 Å². The molecule has 5 heteroatoms. The van der Waals surface area contributed by atoms with Crippen LogP contribution >= 0.6 is 0 Å². The van der Waals surface area contributed by atoms with Crippen molar-refractivity contribution in [2.24, 2.45) is 0 Å². The van der Waals surface area contributed by atoms with Crippen LogP contribution in [0.5, 0.6) is 5.75 Å². The summed E-state index contributed by atoms with van der Waals surface area (Å²) in [6, 6.07) is 6.65. The Labute approximate surface area is 94.0 Å². The number of ether oxygens (including phenoxy) is 1. The van der Waals surface area contributed by atoms with E-state index < -0.39 is 6.09 Å². The fourth-order valence-electron chi connectivity index (χ4n) is 1.03. The normalized spacial score (nSPS) is 9.44. The third kappa shape index (κ3) is 3.61. The Hall–Kier alpha value is -2.04. The molecule has 0 saturated heterocycles. The van der Waals surface area contributed by atoms with Gasteiger partial charge in [0.2, 0.25) is 5.91 Å². The van der Waals surface area contributed by atoms with Crippen LogP contribution in [-0.4, -0.2) is 31.0 Å². The molecule has 86 valence electrons. The lowest BCUT2D eigenvalue weighted by Gasteiger charge is -2.11. The van der Waals surface area contributed by atoms with Crippen LogP contribution in [0.25, 0.3) is 0 Å². The Morgan fingerprint density at radius 2 is 2.00 bits per heavy atom. The zero-order valence-electron chi connectivity index (χ0n) is 9.48. The van der Waals surface area contributed by atoms with Gasteiger partial charge in [0.15, 0.2) is 0 Å². The maximum absolute atomic E-state index is 11.3. The first-order valence-electron chi connectivity index (χ1n) is 4.76. The molecule has 0 aromatic heterocycles. The average Bonchev–Trinajstić information content (AvgIpc) is 2.16. The van der Waals surface area contributed by atoms with Crippen LogP contribution in [0.1, 0.15) is 6.92 Å². The molecular formula is C11H14N2O3. The molecule has 1 aromatic carbocycles. The summed E-state index contributed by atoms with van der Waals surface area (Å²) in [6.45, 7) is 1.42. The van der Waals surface area contributed by atoms with Gasteiger partial charge < -0.3 is 15.0 Å². The molecule has 0 aliphatic carbocycles. The molecule has 5 nitrogen and oxygen atoms in total. The predicted molar refractivity (Wildman–Crippen MR) is 60.5 cm³/mol. The highest BCUT2D eigenvalue weighted by atomic mass is 16.6. The SMILES string of the molecule is CC(=O)Nc1cccc(OC(=O)N(C)C)c1. The van der Waals surface area contributed by atoms with Crippen molar-refractivity contribution in [3.8, 4) is 5.75 Å². The molecule has 2 amide bonds. The maximum Gasteiger partial charge on any atom is 0.414 e. The van der Waals surface area contributed by atoms with Crippen LogP contribution in [-0.2, 0) is 4.79 Å². The summed E-state index contributed by atoms with van der Waals surface area (Å²) in [5, 5.41) is 2.60. The van der Waals surface area contributed by atoms with E-state index in [-0.39, 0.29) is 5.91 Å². The number of nitrogens with zero attached hydrogens (tertiary/aromatic N) is 1. The Morgan fingerprint density at radius 1 is 1.31 bits per heavy atom. The van der Waals surface area contributed by atoms with Gasteiger partial charge in [0, 0.05) is 32.8 Å². The van der Waals surface area contributed by atoms with Gasteiger partial charge in [0.05, 0.1) is 0 Å². The van der Waals surface area contributed by atoms with Gasteiger partial charge in [-0.3, -0.25) is 4.79 Å². The number of hydrogen-bond donors (Lipinski definition) is 1. The van der Waals surface area contributed by atoms with Crippen molar-refractivity contribution in [1.29, 1.82) is 0 Å². The summed E-state index contributed by atoms with van der Waals surface area (Å²) in [7, 11) is 3.19. The first-order valence-corrected chi connectivity index (χ1v) is 4.76. The quantitative estimate of drug-likeness (QED) is 0.828. The van der Waals surface area contributed by atoms with Crippen molar-refractivity contribution in [3.05, 3.63) is 24.3 Å². The highest BCUT2D eigenvalue weighted by molar-refractivity contribution is 5.88. The summed E-state index contributed by atoms with van der Waals surface area (Å²) in [6.07, 6.45) is -0.458. The van der Waals surface area contributed by atoms with Crippen molar-refractivity contribution in [1.82, 2.24) is 4.90 Å². The third-order valence-corrected chi connectivity index (χ3v) is 1.72. The van der Waals surface area contributed by atoms with E-state index in [0.717, 1.165) is 0 Å². The van der Waals surface area contributed by atoms with E-state index in [4.69, 9.17) is 4.74 Å². The second-order valence-electron chi connectivity index (χ2n) is 3.47. The van der Waals surface area contributed by atoms with Gasteiger partial charge in [-0.1, -0.05) is 6.07 Å². The Balaban J connectivity index is 2.74. The number of hydrogen-bond acceptors (Lipinski definition) is 3. The van der Waals surface area contributed by atoms with Crippen LogP contribution in [0.4, 0.5) is 10.5 Å². The Morgan fingerprint density at radius 3 is 2.56 bits per heavy atom. The Bertz CT molecular complexity index is 402. The smallest absolute Gasteiger partial charge is 0.410 e. The van der Waals surface area contributed by atoms with Crippen LogP contribution in [0, 0.1) is 0 Å². The molecule has 1 rings (SSSR count). The molecule has 0 radical (unpaired) electrons. The second kappa shape index (κ2) is 5.16. The number of amides is 2. The minimum absolute atomic E-state index is 0.170. The molecular weight excluding hydrogens is 208 g/mol. The molecule has 0 aliphatic heterocycles. The molecule has 0 saturated carbocycles. The van der Waals surface area contributed by atoms with Crippen LogP contribution in [0.15, 0.2) is 24.3 Å². The van der Waals surface area contributed by atoms with Gasteiger partial charge in [-0.05, 0) is 12.1 Å². The summed E-state index contributed by atoms with van der Waals surface area (Å²) in [5.74, 6) is 0.223. The molecule has 0 atom stereocenters. The minimum atomic E-state index is -0.458. The lowest BCUT2D eigenvalue weighted by atomic mass is 10.3. The summed E-state index contributed by atoms with van der Waals surface area (Å²) in [5.41, 5.74) is 0.594. The van der Waals surface area contributed by atoms with Gasteiger partial charge in [0.1, 0.15) is 5.75 Å². The largest absolute Gasteiger partial charge is 0.414 e.